The first kappa shape index (κ1) is 12.3. The van der Waals surface area contributed by atoms with E-state index in [1.54, 1.807) is 0 Å². The van der Waals surface area contributed by atoms with Crippen LogP contribution < -0.4 is 10.8 Å². The minimum absolute atomic E-state index is 0.0567. The van der Waals surface area contributed by atoms with Crippen LogP contribution in [0.25, 0.3) is 22.5 Å². The highest BCUT2D eigenvalue weighted by molar-refractivity contribution is 5.79. The Labute approximate surface area is 114 Å². The van der Waals surface area contributed by atoms with E-state index in [2.05, 4.69) is 10.1 Å². The lowest BCUT2D eigenvalue weighted by atomic mass is 10.1. The number of benzene rings is 1. The van der Waals surface area contributed by atoms with Gasteiger partial charge < -0.3 is 5.11 Å². The minimum Gasteiger partial charge on any atom is -0.512 e. The summed E-state index contributed by atoms with van der Waals surface area (Å²) in [7, 11) is 0. The molecule has 20 heavy (non-hydrogen) atoms. The molecule has 0 fully saturated rings. The summed E-state index contributed by atoms with van der Waals surface area (Å²) < 4.78 is 1.24. The van der Waals surface area contributed by atoms with Gasteiger partial charge in [-0.25, -0.2) is 4.98 Å². The fourth-order valence-corrected chi connectivity index (χ4v) is 2.26. The van der Waals surface area contributed by atoms with E-state index in [1.807, 2.05) is 37.3 Å². The predicted molar refractivity (Wildman–Crippen MR) is 76.4 cm³/mol. The number of aliphatic hydroxyl groups is 1. The number of nitrogens with zero attached hydrogens (tertiary/aromatic N) is 3. The fraction of sp³-hybridized carbons (Fsp3) is 0.133. The van der Waals surface area contributed by atoms with Crippen molar-refractivity contribution < 1.29 is 5.11 Å². The summed E-state index contributed by atoms with van der Waals surface area (Å²) in [6.45, 7) is 3.30. The highest BCUT2D eigenvalue weighted by atomic mass is 16.3. The fourth-order valence-electron chi connectivity index (χ4n) is 2.26. The molecule has 0 aliphatic rings. The maximum absolute atomic E-state index is 12.2. The third-order valence-corrected chi connectivity index (χ3v) is 3.23. The molecule has 0 aliphatic carbocycles. The quantitative estimate of drug-likeness (QED) is 0.725. The second-order valence-corrected chi connectivity index (χ2v) is 4.62. The molecule has 0 radical (unpaired) electrons. The van der Waals surface area contributed by atoms with E-state index < -0.39 is 0 Å². The number of aliphatic hydroxyl groups excluding tert-OH is 1. The van der Waals surface area contributed by atoms with E-state index >= 15 is 0 Å². The number of aromatic nitrogens is 3. The van der Waals surface area contributed by atoms with E-state index in [9.17, 15) is 9.90 Å². The van der Waals surface area contributed by atoms with Crippen LogP contribution >= 0.6 is 0 Å². The molecule has 0 unspecified atom stereocenters. The van der Waals surface area contributed by atoms with E-state index in [-0.39, 0.29) is 16.5 Å². The van der Waals surface area contributed by atoms with Gasteiger partial charge in [-0.1, -0.05) is 30.3 Å². The van der Waals surface area contributed by atoms with Crippen molar-refractivity contribution >= 4 is 11.4 Å². The first-order chi connectivity index (χ1) is 9.59. The first-order valence-electron chi connectivity index (χ1n) is 6.23. The summed E-state index contributed by atoms with van der Waals surface area (Å²) >= 11 is 0. The highest BCUT2D eigenvalue weighted by Crippen LogP contribution is 2.25. The first-order valence-corrected chi connectivity index (χ1v) is 6.23. The van der Waals surface area contributed by atoms with Gasteiger partial charge in [0.2, 0.25) is 0 Å². The van der Waals surface area contributed by atoms with Crippen LogP contribution in [-0.4, -0.2) is 19.7 Å². The number of hydrogen-bond acceptors (Lipinski definition) is 4. The zero-order valence-corrected chi connectivity index (χ0v) is 11.2. The van der Waals surface area contributed by atoms with Crippen LogP contribution in [0.1, 0.15) is 12.6 Å². The molecule has 5 nitrogen and oxygen atoms in total. The second-order valence-electron chi connectivity index (χ2n) is 4.62. The molecule has 5 heteroatoms. The van der Waals surface area contributed by atoms with Crippen molar-refractivity contribution in [3.05, 3.63) is 57.8 Å². The smallest absolute Gasteiger partial charge is 0.285 e. The van der Waals surface area contributed by atoms with Gasteiger partial charge >= 0.3 is 0 Å². The summed E-state index contributed by atoms with van der Waals surface area (Å²) in [6, 6.07) is 9.69. The van der Waals surface area contributed by atoms with Gasteiger partial charge in [0.15, 0.2) is 5.65 Å². The molecule has 3 aromatic rings. The predicted octanol–water partition coefficient (Wildman–Crippen LogP) is 1.47. The molecule has 0 spiro atoms. The number of hydrogen-bond donors (Lipinski definition) is 1. The maximum Gasteiger partial charge on any atom is 0.285 e. The van der Waals surface area contributed by atoms with Crippen molar-refractivity contribution in [3.63, 3.8) is 0 Å². The van der Waals surface area contributed by atoms with E-state index in [1.165, 1.54) is 17.6 Å². The molecular weight excluding hydrogens is 254 g/mol. The molecule has 0 bridgehead atoms. The van der Waals surface area contributed by atoms with Gasteiger partial charge in [-0.05, 0) is 19.4 Å². The highest BCUT2D eigenvalue weighted by Gasteiger charge is 2.14. The Balaban J connectivity index is 2.43. The van der Waals surface area contributed by atoms with Crippen molar-refractivity contribution in [2.45, 2.75) is 13.8 Å². The molecule has 1 aromatic carbocycles. The summed E-state index contributed by atoms with van der Waals surface area (Å²) in [5.74, 6) is -0.0567. The van der Waals surface area contributed by atoms with Gasteiger partial charge in [0.25, 0.3) is 5.56 Å². The van der Waals surface area contributed by atoms with Crippen LogP contribution in [-0.2, 0) is 0 Å². The van der Waals surface area contributed by atoms with Crippen LogP contribution in [0.4, 0.5) is 0 Å². The van der Waals surface area contributed by atoms with Crippen molar-refractivity contribution in [2.24, 2.45) is 0 Å². The Kier molecular flexibility index (Phi) is 2.75. The lowest BCUT2D eigenvalue weighted by Crippen LogP contribution is -2.33. The third-order valence-electron chi connectivity index (χ3n) is 3.23. The van der Waals surface area contributed by atoms with Crippen LogP contribution in [0, 0.1) is 6.92 Å². The average molecular weight is 267 g/mol. The number of fused-ring (bicyclic) bond motifs is 1. The molecule has 0 saturated heterocycles. The molecule has 0 saturated carbocycles. The maximum atomic E-state index is 12.2. The van der Waals surface area contributed by atoms with E-state index in [4.69, 9.17) is 0 Å². The molecule has 3 rings (SSSR count). The minimum atomic E-state index is -0.361. The summed E-state index contributed by atoms with van der Waals surface area (Å²) in [4.78, 5) is 16.5. The molecule has 100 valence electrons. The largest absolute Gasteiger partial charge is 0.512 e. The Morgan fingerprint density at radius 3 is 2.60 bits per heavy atom. The Hall–Kier alpha value is -2.69. The van der Waals surface area contributed by atoms with Gasteiger partial charge in [0, 0.05) is 11.8 Å². The van der Waals surface area contributed by atoms with Crippen molar-refractivity contribution in [1.82, 2.24) is 14.6 Å². The molecular formula is C15H13N3O2. The van der Waals surface area contributed by atoms with Gasteiger partial charge in [-0.3, -0.25) is 4.79 Å². The van der Waals surface area contributed by atoms with Gasteiger partial charge in [0.1, 0.15) is 5.76 Å². The molecule has 2 aromatic heterocycles. The molecule has 0 aliphatic heterocycles. The monoisotopic (exact) mass is 267 g/mol. The summed E-state index contributed by atoms with van der Waals surface area (Å²) in [5.41, 5.74) is 2.67. The van der Waals surface area contributed by atoms with Crippen LogP contribution in [0.15, 0.2) is 41.3 Å². The van der Waals surface area contributed by atoms with Crippen LogP contribution in [0.5, 0.6) is 0 Å². The Morgan fingerprint density at radius 1 is 1.25 bits per heavy atom. The van der Waals surface area contributed by atoms with Gasteiger partial charge in [0.05, 0.1) is 10.9 Å². The average Bonchev–Trinajstić information content (AvgIpc) is 2.77. The molecule has 1 N–H and O–H groups in total. The zero-order valence-electron chi connectivity index (χ0n) is 11.2. The SMILES string of the molecule is C/C(O)=c1\cnc2c(-c3ccccc3)c(C)nn2c1=O. The van der Waals surface area contributed by atoms with Crippen molar-refractivity contribution in [3.8, 4) is 11.1 Å². The summed E-state index contributed by atoms with van der Waals surface area (Å²) in [6.07, 6.45) is 1.39. The van der Waals surface area contributed by atoms with E-state index in [0.717, 1.165) is 16.8 Å². The zero-order chi connectivity index (χ0) is 14.3. The van der Waals surface area contributed by atoms with Gasteiger partial charge in [-0.15, -0.1) is 0 Å². The van der Waals surface area contributed by atoms with Crippen molar-refractivity contribution in [1.29, 1.82) is 0 Å². The Bertz CT molecular complexity index is 894. The lowest BCUT2D eigenvalue weighted by Gasteiger charge is -1.99. The number of aryl methyl sites for hydroxylation is 1. The molecule has 2 heterocycles. The molecule has 0 atom stereocenters. The molecule has 0 amide bonds. The van der Waals surface area contributed by atoms with Crippen LogP contribution in [0.2, 0.25) is 0 Å². The topological polar surface area (TPSA) is 67.5 Å². The normalized spacial score (nSPS) is 12.7. The van der Waals surface area contributed by atoms with Crippen molar-refractivity contribution in [2.75, 3.05) is 0 Å². The second kappa shape index (κ2) is 4.45. The van der Waals surface area contributed by atoms with Gasteiger partial charge in [-0.2, -0.15) is 9.61 Å². The standard InChI is InChI=1S/C15H13N3O2/c1-9-13(11-6-4-3-5-7-11)14-16-8-12(10(2)19)15(20)18(14)17-9/h3-8,19H,1-2H3/b12-10-. The lowest BCUT2D eigenvalue weighted by molar-refractivity contribution is 0.497. The Morgan fingerprint density at radius 2 is 1.95 bits per heavy atom. The third kappa shape index (κ3) is 1.75. The number of rotatable bonds is 1. The van der Waals surface area contributed by atoms with Crippen LogP contribution in [0.3, 0.4) is 0 Å². The van der Waals surface area contributed by atoms with E-state index in [0.29, 0.717) is 5.65 Å². The summed E-state index contributed by atoms with van der Waals surface area (Å²) in [5, 5.41) is 13.9.